The van der Waals surface area contributed by atoms with Crippen LogP contribution in [0.15, 0.2) is 0 Å². The first-order valence-electron chi connectivity index (χ1n) is 17.4. The third-order valence-corrected chi connectivity index (χ3v) is 11.2. The average molecular weight is 646 g/mol. The van der Waals surface area contributed by atoms with Crippen LogP contribution in [0.2, 0.25) is 6.04 Å². The number of anilines is 1. The largest absolute Gasteiger partial charge is 1.00 e. The highest BCUT2D eigenvalue weighted by atomic mass is 35.5. The average Bonchev–Trinajstić information content (AvgIpc) is 3.43. The third-order valence-electron chi connectivity index (χ3n) is 8.18. The molecule has 0 spiro atoms. The van der Waals surface area contributed by atoms with Crippen molar-refractivity contribution in [3.8, 4) is 6.01 Å². The molecule has 11 heteroatoms. The van der Waals surface area contributed by atoms with E-state index < -0.39 is 8.80 Å². The lowest BCUT2D eigenvalue weighted by Gasteiger charge is -2.28. The number of halogens is 1. The van der Waals surface area contributed by atoms with Crippen LogP contribution in [0.3, 0.4) is 0 Å². The normalized spacial score (nSPS) is 14.5. The Hall–Kier alpha value is -1.04. The van der Waals surface area contributed by atoms with Crippen LogP contribution in [0.5, 0.6) is 6.01 Å². The fourth-order valence-electron chi connectivity index (χ4n) is 5.75. The van der Waals surface area contributed by atoms with Crippen LogP contribution in [0.4, 0.5) is 11.9 Å². The zero-order valence-electron chi connectivity index (χ0n) is 28.3. The van der Waals surface area contributed by atoms with E-state index in [4.69, 9.17) is 28.0 Å². The molecule has 0 aliphatic carbocycles. The minimum absolute atomic E-state index is 0. The summed E-state index contributed by atoms with van der Waals surface area (Å²) < 4.78 is 24.8. The second-order valence-electron chi connectivity index (χ2n) is 11.9. The summed E-state index contributed by atoms with van der Waals surface area (Å²) in [4.78, 5) is 14.2. The Bertz CT molecular complexity index is 803. The number of likely N-dealkylation sites (tertiary alicyclic amines) is 1. The summed E-state index contributed by atoms with van der Waals surface area (Å²) in [5.74, 6) is 1.39. The molecule has 0 saturated carbocycles. The Kier molecular flexibility index (Phi) is 22.5. The van der Waals surface area contributed by atoms with E-state index in [-0.39, 0.29) is 12.4 Å². The summed E-state index contributed by atoms with van der Waals surface area (Å²) >= 11 is 0. The van der Waals surface area contributed by atoms with Crippen molar-refractivity contribution in [2.24, 2.45) is 0 Å². The molecule has 0 bridgehead atoms. The standard InChI is InChI=1S/C32H64N5O4Si.ClH/c1-6-10-11-12-13-14-15-16-17-18-19-20-21-22-25-33-30-34-31(37(5)26-23-24-27-37)36-32(35-30)38-28-29-42(39-7-2,40-8-3)41-9-4;/h6-29H2,1-5H3,(H,33,34,35,36);1H/q+1;/p-1. The summed E-state index contributed by atoms with van der Waals surface area (Å²) in [5, 5.41) is 3.46. The molecule has 9 nitrogen and oxygen atoms in total. The third kappa shape index (κ3) is 16.2. The van der Waals surface area contributed by atoms with Crippen molar-refractivity contribution in [2.45, 2.75) is 136 Å². The number of unbranched alkanes of at least 4 members (excludes halogenated alkanes) is 13. The number of hydrogen-bond donors (Lipinski definition) is 1. The van der Waals surface area contributed by atoms with Crippen LogP contribution < -0.4 is 26.9 Å². The van der Waals surface area contributed by atoms with Crippen LogP contribution in [-0.2, 0) is 13.3 Å². The highest BCUT2D eigenvalue weighted by Crippen LogP contribution is 2.26. The number of quaternary nitrogens is 1. The Balaban J connectivity index is 0.00000924. The maximum Gasteiger partial charge on any atom is 0.504 e. The van der Waals surface area contributed by atoms with E-state index in [0.717, 1.165) is 36.5 Å². The van der Waals surface area contributed by atoms with Crippen molar-refractivity contribution in [1.29, 1.82) is 0 Å². The monoisotopic (exact) mass is 645 g/mol. The molecule has 1 saturated heterocycles. The molecule has 0 aromatic carbocycles. The number of nitrogens with one attached hydrogen (secondary N) is 1. The predicted octanol–water partition coefficient (Wildman–Crippen LogP) is 4.93. The Morgan fingerprint density at radius 2 is 1.16 bits per heavy atom. The fraction of sp³-hybridized carbons (Fsp3) is 0.906. The van der Waals surface area contributed by atoms with Crippen molar-refractivity contribution in [2.75, 3.05) is 58.4 Å². The van der Waals surface area contributed by atoms with Gasteiger partial charge in [0.2, 0.25) is 5.95 Å². The van der Waals surface area contributed by atoms with Gasteiger partial charge in [-0.2, -0.15) is 4.98 Å². The van der Waals surface area contributed by atoms with E-state index in [1.54, 1.807) is 0 Å². The molecule has 0 atom stereocenters. The van der Waals surface area contributed by atoms with Crippen LogP contribution in [0, 0.1) is 0 Å². The van der Waals surface area contributed by atoms with Gasteiger partial charge >= 0.3 is 20.8 Å². The van der Waals surface area contributed by atoms with E-state index in [0.29, 0.717) is 44.4 Å². The molecule has 2 heterocycles. The lowest BCUT2D eigenvalue weighted by atomic mass is 10.0. The smallest absolute Gasteiger partial charge is 0.504 e. The lowest BCUT2D eigenvalue weighted by Crippen LogP contribution is -3.00. The van der Waals surface area contributed by atoms with Crippen LogP contribution >= 0.6 is 0 Å². The maximum atomic E-state index is 6.10. The van der Waals surface area contributed by atoms with Crippen molar-refractivity contribution < 1.29 is 30.4 Å². The van der Waals surface area contributed by atoms with Gasteiger partial charge in [-0.05, 0) is 27.2 Å². The molecule has 1 fully saturated rings. The van der Waals surface area contributed by atoms with E-state index in [2.05, 4.69) is 24.3 Å². The molecule has 1 N–H and O–H groups in total. The van der Waals surface area contributed by atoms with Crippen LogP contribution in [-0.4, -0.2) is 76.9 Å². The number of aromatic nitrogens is 3. The van der Waals surface area contributed by atoms with Crippen molar-refractivity contribution >= 4 is 20.7 Å². The van der Waals surface area contributed by atoms with Gasteiger partial charge in [0.25, 0.3) is 0 Å². The molecule has 1 aliphatic heterocycles. The second-order valence-corrected chi connectivity index (χ2v) is 14.6. The van der Waals surface area contributed by atoms with Crippen LogP contribution in [0.1, 0.15) is 130 Å². The SMILES string of the molecule is CCCCCCCCCCCCCCCCNc1nc(OCC[Si](OCC)(OCC)OCC)nc([N+]2(C)CCCC2)n1.[Cl-]. The van der Waals surface area contributed by atoms with Gasteiger partial charge in [0.05, 0.1) is 32.8 Å². The Labute approximate surface area is 271 Å². The van der Waals surface area contributed by atoms with Crippen molar-refractivity contribution in [3.05, 3.63) is 0 Å². The molecule has 1 aromatic rings. The summed E-state index contributed by atoms with van der Waals surface area (Å²) in [5.41, 5.74) is 0. The molecular weight excluding hydrogens is 582 g/mol. The highest BCUT2D eigenvalue weighted by molar-refractivity contribution is 6.60. The first kappa shape index (κ1) is 40.0. The number of rotatable bonds is 27. The Morgan fingerprint density at radius 3 is 1.65 bits per heavy atom. The van der Waals surface area contributed by atoms with E-state index in [1.165, 1.54) is 96.3 Å². The van der Waals surface area contributed by atoms with Gasteiger partial charge in [-0.15, -0.1) is 9.97 Å². The van der Waals surface area contributed by atoms with Gasteiger partial charge < -0.3 is 35.7 Å². The first-order valence-corrected chi connectivity index (χ1v) is 19.3. The maximum absolute atomic E-state index is 6.10. The van der Waals surface area contributed by atoms with E-state index in [1.807, 2.05) is 20.8 Å². The number of ether oxygens (including phenoxy) is 1. The van der Waals surface area contributed by atoms with Gasteiger partial charge in [-0.3, -0.25) is 4.48 Å². The summed E-state index contributed by atoms with van der Waals surface area (Å²) in [6, 6.07) is 0.916. The van der Waals surface area contributed by atoms with Gasteiger partial charge in [0, 0.05) is 39.2 Å². The van der Waals surface area contributed by atoms with Gasteiger partial charge in [0.15, 0.2) is 0 Å². The molecule has 0 amide bonds. The summed E-state index contributed by atoms with van der Waals surface area (Å²) in [7, 11) is -0.578. The quantitative estimate of drug-likeness (QED) is 0.0819. The topological polar surface area (TPSA) is 87.6 Å². The summed E-state index contributed by atoms with van der Waals surface area (Å²) in [6.07, 6.45) is 21.4. The summed E-state index contributed by atoms with van der Waals surface area (Å²) in [6.45, 7) is 13.1. The minimum Gasteiger partial charge on any atom is -1.00 e. The molecule has 1 aromatic heterocycles. The van der Waals surface area contributed by atoms with Gasteiger partial charge in [-0.1, -0.05) is 90.4 Å². The zero-order chi connectivity index (χ0) is 30.4. The first-order chi connectivity index (χ1) is 20.5. The predicted molar refractivity (Wildman–Crippen MR) is 176 cm³/mol. The van der Waals surface area contributed by atoms with Gasteiger partial charge in [0.1, 0.15) is 0 Å². The molecule has 1 aliphatic rings. The molecule has 43 heavy (non-hydrogen) atoms. The van der Waals surface area contributed by atoms with Gasteiger partial charge in [-0.25, -0.2) is 0 Å². The molecule has 0 radical (unpaired) electrons. The van der Waals surface area contributed by atoms with E-state index in [9.17, 15) is 0 Å². The molecule has 2 rings (SSSR count). The number of hydrogen-bond acceptors (Lipinski definition) is 8. The minimum atomic E-state index is -2.79. The highest BCUT2D eigenvalue weighted by Gasteiger charge is 2.40. The number of nitrogens with zero attached hydrogens (tertiary/aromatic N) is 4. The Morgan fingerprint density at radius 1 is 0.674 bits per heavy atom. The zero-order valence-corrected chi connectivity index (χ0v) is 30.0. The molecular formula is C32H64ClN5O4Si. The lowest BCUT2D eigenvalue weighted by molar-refractivity contribution is -0.0000231. The van der Waals surface area contributed by atoms with Crippen LogP contribution in [0.25, 0.3) is 0 Å². The van der Waals surface area contributed by atoms with Crippen molar-refractivity contribution in [3.63, 3.8) is 0 Å². The fourth-order valence-corrected chi connectivity index (χ4v) is 8.11. The molecule has 252 valence electrons. The van der Waals surface area contributed by atoms with E-state index >= 15 is 0 Å². The second kappa shape index (κ2) is 24.2. The molecule has 0 unspecified atom stereocenters. The van der Waals surface area contributed by atoms with Crippen molar-refractivity contribution in [1.82, 2.24) is 19.4 Å².